The Morgan fingerprint density at radius 1 is 1.00 bits per heavy atom. The summed E-state index contributed by atoms with van der Waals surface area (Å²) < 4.78 is 4.92. The second-order valence-electron chi connectivity index (χ2n) is 5.29. The van der Waals surface area contributed by atoms with Crippen molar-refractivity contribution in [2.75, 3.05) is 6.61 Å². The van der Waals surface area contributed by atoms with E-state index in [1.165, 1.54) is 0 Å². The van der Waals surface area contributed by atoms with Crippen molar-refractivity contribution in [2.45, 2.75) is 25.9 Å². The number of hydrogen-bond acceptors (Lipinski definition) is 3. The van der Waals surface area contributed by atoms with Crippen molar-refractivity contribution >= 4 is 12.0 Å². The summed E-state index contributed by atoms with van der Waals surface area (Å²) in [6.07, 6.45) is -0.377. The predicted octanol–water partition coefficient (Wildman–Crippen LogP) is 3.18. The summed E-state index contributed by atoms with van der Waals surface area (Å²) in [6.45, 7) is 2.48. The molecule has 2 aromatic carbocycles. The van der Waals surface area contributed by atoms with E-state index in [-0.39, 0.29) is 18.9 Å². The van der Waals surface area contributed by atoms with E-state index < -0.39 is 12.1 Å². The largest absolute Gasteiger partial charge is 0.450 e. The lowest BCUT2D eigenvalue weighted by atomic mass is 10.0. The lowest BCUT2D eigenvalue weighted by Crippen LogP contribution is -2.34. The first-order chi connectivity index (χ1) is 11.7. The molecule has 0 bridgehead atoms. The van der Waals surface area contributed by atoms with Crippen LogP contribution in [0, 0.1) is 0 Å². The third kappa shape index (κ3) is 5.76. The number of amides is 2. The molecule has 0 aliphatic carbocycles. The SMILES string of the molecule is CCOC(=O)N[C@H](CC(=O)NCc1ccccc1)c1ccccc1. The van der Waals surface area contributed by atoms with Gasteiger partial charge in [0.1, 0.15) is 0 Å². The Balaban J connectivity index is 1.96. The van der Waals surface area contributed by atoms with Crippen molar-refractivity contribution < 1.29 is 14.3 Å². The molecule has 0 heterocycles. The summed E-state index contributed by atoms with van der Waals surface area (Å²) >= 11 is 0. The predicted molar refractivity (Wildman–Crippen MR) is 92.2 cm³/mol. The minimum atomic E-state index is -0.526. The Morgan fingerprint density at radius 2 is 1.62 bits per heavy atom. The van der Waals surface area contributed by atoms with Gasteiger partial charge < -0.3 is 15.4 Å². The van der Waals surface area contributed by atoms with Gasteiger partial charge in [0.05, 0.1) is 19.1 Å². The highest BCUT2D eigenvalue weighted by molar-refractivity contribution is 5.78. The molecule has 0 saturated carbocycles. The minimum Gasteiger partial charge on any atom is -0.450 e. The molecular weight excluding hydrogens is 304 g/mol. The topological polar surface area (TPSA) is 67.4 Å². The molecule has 2 aromatic rings. The maximum Gasteiger partial charge on any atom is 0.407 e. The fourth-order valence-electron chi connectivity index (χ4n) is 2.31. The van der Waals surface area contributed by atoms with E-state index in [0.29, 0.717) is 6.54 Å². The summed E-state index contributed by atoms with van der Waals surface area (Å²) in [4.78, 5) is 24.0. The number of rotatable bonds is 7. The molecule has 126 valence electrons. The van der Waals surface area contributed by atoms with Crippen molar-refractivity contribution in [1.82, 2.24) is 10.6 Å². The van der Waals surface area contributed by atoms with E-state index in [1.54, 1.807) is 6.92 Å². The number of benzene rings is 2. The maximum atomic E-state index is 12.2. The van der Waals surface area contributed by atoms with E-state index in [4.69, 9.17) is 4.74 Å². The first-order valence-electron chi connectivity index (χ1n) is 7.98. The van der Waals surface area contributed by atoms with Crippen LogP contribution >= 0.6 is 0 Å². The normalized spacial score (nSPS) is 11.4. The van der Waals surface area contributed by atoms with Gasteiger partial charge >= 0.3 is 6.09 Å². The van der Waals surface area contributed by atoms with Crippen LogP contribution in [0.15, 0.2) is 60.7 Å². The minimum absolute atomic E-state index is 0.135. The Hall–Kier alpha value is -2.82. The molecule has 0 radical (unpaired) electrons. The van der Waals surface area contributed by atoms with Crippen LogP contribution in [-0.2, 0) is 16.1 Å². The van der Waals surface area contributed by atoms with E-state index in [1.807, 2.05) is 60.7 Å². The molecule has 1 atom stereocenters. The molecule has 0 fully saturated rings. The lowest BCUT2D eigenvalue weighted by molar-refractivity contribution is -0.121. The first-order valence-corrected chi connectivity index (χ1v) is 7.98. The number of ether oxygens (including phenoxy) is 1. The van der Waals surface area contributed by atoms with Gasteiger partial charge in [-0.3, -0.25) is 4.79 Å². The molecule has 0 spiro atoms. The molecule has 0 aliphatic rings. The van der Waals surface area contributed by atoms with E-state index in [0.717, 1.165) is 11.1 Å². The molecule has 2 N–H and O–H groups in total. The quantitative estimate of drug-likeness (QED) is 0.821. The summed E-state index contributed by atoms with van der Waals surface area (Å²) in [7, 11) is 0. The van der Waals surface area contributed by atoms with Crippen molar-refractivity contribution in [3.63, 3.8) is 0 Å². The van der Waals surface area contributed by atoms with Crippen LogP contribution in [0.5, 0.6) is 0 Å². The van der Waals surface area contributed by atoms with Crippen LogP contribution in [0.1, 0.15) is 30.5 Å². The van der Waals surface area contributed by atoms with Gasteiger partial charge in [-0.05, 0) is 18.1 Å². The van der Waals surface area contributed by atoms with Crippen molar-refractivity contribution in [1.29, 1.82) is 0 Å². The van der Waals surface area contributed by atoms with E-state index in [9.17, 15) is 9.59 Å². The van der Waals surface area contributed by atoms with Gasteiger partial charge in [0, 0.05) is 6.54 Å². The van der Waals surface area contributed by atoms with Crippen LogP contribution in [0.25, 0.3) is 0 Å². The van der Waals surface area contributed by atoms with E-state index in [2.05, 4.69) is 10.6 Å². The third-order valence-electron chi connectivity index (χ3n) is 3.49. The average Bonchev–Trinajstić information content (AvgIpc) is 2.61. The smallest absolute Gasteiger partial charge is 0.407 e. The van der Waals surface area contributed by atoms with Crippen molar-refractivity contribution in [3.05, 3.63) is 71.8 Å². The highest BCUT2D eigenvalue weighted by atomic mass is 16.5. The number of alkyl carbamates (subject to hydrolysis) is 1. The monoisotopic (exact) mass is 326 g/mol. The average molecular weight is 326 g/mol. The summed E-state index contributed by atoms with van der Waals surface area (Å²) in [5, 5.41) is 5.61. The maximum absolute atomic E-state index is 12.2. The lowest BCUT2D eigenvalue weighted by Gasteiger charge is -2.18. The number of nitrogens with one attached hydrogen (secondary N) is 2. The van der Waals surface area contributed by atoms with Crippen LogP contribution in [0.3, 0.4) is 0 Å². The summed E-state index contributed by atoms with van der Waals surface area (Å²) in [6, 6.07) is 18.6. The van der Waals surface area contributed by atoms with Gasteiger partial charge in [-0.1, -0.05) is 60.7 Å². The molecule has 0 saturated heterocycles. The molecule has 5 nitrogen and oxygen atoms in total. The Labute approximate surface area is 142 Å². The highest BCUT2D eigenvalue weighted by Crippen LogP contribution is 2.16. The van der Waals surface area contributed by atoms with E-state index >= 15 is 0 Å². The third-order valence-corrected chi connectivity index (χ3v) is 3.49. The fraction of sp³-hybridized carbons (Fsp3) is 0.263. The molecule has 0 aliphatic heterocycles. The van der Waals surface area contributed by atoms with Gasteiger partial charge in [-0.25, -0.2) is 4.79 Å². The molecule has 24 heavy (non-hydrogen) atoms. The van der Waals surface area contributed by atoms with Crippen LogP contribution < -0.4 is 10.6 Å². The highest BCUT2D eigenvalue weighted by Gasteiger charge is 2.18. The Bertz CT molecular complexity index is 644. The van der Waals surface area contributed by atoms with Gasteiger partial charge in [0.25, 0.3) is 0 Å². The molecular formula is C19H22N2O3. The van der Waals surface area contributed by atoms with Gasteiger partial charge in [-0.15, -0.1) is 0 Å². The van der Waals surface area contributed by atoms with Crippen LogP contribution in [0.4, 0.5) is 4.79 Å². The Kier molecular flexibility index (Phi) is 6.83. The molecule has 2 rings (SSSR count). The Morgan fingerprint density at radius 3 is 2.25 bits per heavy atom. The van der Waals surface area contributed by atoms with Crippen LogP contribution in [-0.4, -0.2) is 18.6 Å². The summed E-state index contributed by atoms with van der Waals surface area (Å²) in [5.74, 6) is -0.135. The van der Waals surface area contributed by atoms with Crippen LogP contribution in [0.2, 0.25) is 0 Å². The second kappa shape index (κ2) is 9.35. The zero-order chi connectivity index (χ0) is 17.2. The molecule has 0 aromatic heterocycles. The second-order valence-corrected chi connectivity index (χ2v) is 5.29. The van der Waals surface area contributed by atoms with Gasteiger partial charge in [-0.2, -0.15) is 0 Å². The zero-order valence-electron chi connectivity index (χ0n) is 13.7. The summed E-state index contributed by atoms with van der Waals surface area (Å²) in [5.41, 5.74) is 1.89. The molecule has 5 heteroatoms. The standard InChI is InChI=1S/C19H22N2O3/c1-2-24-19(23)21-17(16-11-7-4-8-12-16)13-18(22)20-14-15-9-5-3-6-10-15/h3-12,17H,2,13-14H2,1H3,(H,20,22)(H,21,23)/t17-/m1/s1. The fourth-order valence-corrected chi connectivity index (χ4v) is 2.31. The molecule has 0 unspecified atom stereocenters. The molecule has 2 amide bonds. The van der Waals surface area contributed by atoms with Gasteiger partial charge in [0.2, 0.25) is 5.91 Å². The van der Waals surface area contributed by atoms with Gasteiger partial charge in [0.15, 0.2) is 0 Å². The first kappa shape index (κ1) is 17.5. The van der Waals surface area contributed by atoms with Crippen molar-refractivity contribution in [3.8, 4) is 0 Å². The number of hydrogen-bond donors (Lipinski definition) is 2. The zero-order valence-corrected chi connectivity index (χ0v) is 13.7. The number of carbonyl (C=O) groups excluding carboxylic acids is 2. The van der Waals surface area contributed by atoms with Crippen molar-refractivity contribution in [2.24, 2.45) is 0 Å². The number of carbonyl (C=O) groups is 2.